The Balaban J connectivity index is 0.000000135. The van der Waals surface area contributed by atoms with Crippen LogP contribution in [0.25, 0.3) is 53.8 Å². The normalized spacial score (nSPS) is 13.4. The van der Waals surface area contributed by atoms with Gasteiger partial charge in [0.1, 0.15) is 0 Å². The smallest absolute Gasteiger partial charge is 0.352 e. The third-order valence-electron chi connectivity index (χ3n) is 25.0. The van der Waals surface area contributed by atoms with Gasteiger partial charge in [-0.05, 0) is 196 Å². The summed E-state index contributed by atoms with van der Waals surface area (Å²) in [6.45, 7) is 27.6. The fourth-order valence-electron chi connectivity index (χ4n) is 17.3. The largest absolute Gasteiger partial charge is 0.352 e. The maximum absolute atomic E-state index is 13.9. The minimum absolute atomic E-state index is 0.00774. The fraction of sp³-hybridized carbons (Fsp3) is 0.273. The van der Waals surface area contributed by atoms with Gasteiger partial charge in [0.15, 0.2) is 10.3 Å². The molecule has 0 bridgehead atoms. The van der Waals surface area contributed by atoms with Gasteiger partial charge < -0.3 is 20.4 Å². The average molecular weight is 1950 g/mol. The summed E-state index contributed by atoms with van der Waals surface area (Å²) < 4.78 is 10.5. The number of carbonyl (C=O) groups excluding carboxylic acids is 6. The van der Waals surface area contributed by atoms with Gasteiger partial charge in [-0.2, -0.15) is 0 Å². The van der Waals surface area contributed by atoms with Crippen LogP contribution < -0.4 is 47.8 Å². The van der Waals surface area contributed by atoms with Gasteiger partial charge in [0.05, 0.1) is 87.4 Å². The molecule has 6 amide bonds. The number of benzene rings is 11. The molecule has 716 valence electrons. The number of thiazole rings is 2. The van der Waals surface area contributed by atoms with E-state index >= 15 is 0 Å². The Labute approximate surface area is 827 Å². The maximum Gasteiger partial charge on any atom is 0.352 e. The zero-order valence-electron chi connectivity index (χ0n) is 80.2. The van der Waals surface area contributed by atoms with E-state index in [0.717, 1.165) is 92.5 Å². The first-order valence-corrected chi connectivity index (χ1v) is 49.2. The van der Waals surface area contributed by atoms with Crippen molar-refractivity contribution in [2.45, 2.75) is 148 Å². The highest BCUT2D eigenvalue weighted by atomic mass is 35.5. The second kappa shape index (κ2) is 42.8. The molecule has 2 N–H and O–H groups in total. The van der Waals surface area contributed by atoms with Crippen molar-refractivity contribution in [1.29, 1.82) is 0 Å². The van der Waals surface area contributed by atoms with Crippen LogP contribution in [0.3, 0.4) is 0 Å². The van der Waals surface area contributed by atoms with E-state index in [1.807, 2.05) is 267 Å². The summed E-state index contributed by atoms with van der Waals surface area (Å²) in [6.07, 6.45) is 1.59. The molecule has 19 rings (SSSR count). The molecule has 2 fully saturated rings. The number of para-hydroxylation sites is 1. The quantitative estimate of drug-likeness (QED) is 0.0638. The highest BCUT2D eigenvalue weighted by Gasteiger charge is 2.40. The van der Waals surface area contributed by atoms with Crippen LogP contribution in [-0.4, -0.2) is 120 Å². The van der Waals surface area contributed by atoms with Crippen LogP contribution in [-0.2, 0) is 58.4 Å². The number of anilines is 3. The van der Waals surface area contributed by atoms with Gasteiger partial charge in [0.2, 0.25) is 35.2 Å². The number of halogens is 2. The van der Waals surface area contributed by atoms with Gasteiger partial charge in [-0.15, -0.1) is 10.2 Å². The number of rotatable bonds is 22. The molecule has 6 aromatic heterocycles. The lowest BCUT2D eigenvalue weighted by Gasteiger charge is -2.36. The Hall–Kier alpha value is -14.6. The van der Waals surface area contributed by atoms with Crippen molar-refractivity contribution in [3.8, 4) is 0 Å². The number of aryl methyl sites for hydroxylation is 4. The number of piperidine rings is 1. The molecule has 0 spiro atoms. The van der Waals surface area contributed by atoms with Crippen LogP contribution in [0.2, 0.25) is 10.0 Å². The molecule has 17 aromatic rings. The second-order valence-electron chi connectivity index (χ2n) is 37.4. The van der Waals surface area contributed by atoms with Crippen molar-refractivity contribution in [3.63, 3.8) is 0 Å². The Morgan fingerprint density at radius 2 is 0.964 bits per heavy atom. The SMILES string of the molecule is CC(C)CNC(=O)c1ccc2c(=O)n(Cc3ccccc3)c3nn(Cc4ccccc4Cl)c(=O)n3c2c1.Cc1ccc(Cn2c(=O)c3ccc(C(=O)NC(C)C)cc3n3c(=O)n(Cc4ccccc4Cl)nc23)cc1.Cc1ccc2nc(N(Cc3ccccc3)C(=O)C3CC(=O)N(c4cccc(C)c4C)C3)sc2c1.Cc1cccc2sc(N(Cc3ccccc3)C(=O)C3CCN(C(=O)C(C)(C)C)CC3)nc12. The molecule has 11 aromatic carbocycles. The van der Waals surface area contributed by atoms with E-state index in [1.165, 1.54) is 38.6 Å². The molecule has 30 heteroatoms. The van der Waals surface area contributed by atoms with E-state index < -0.39 is 22.7 Å². The van der Waals surface area contributed by atoms with E-state index in [0.29, 0.717) is 100 Å². The first kappa shape index (κ1) is 98.5. The maximum atomic E-state index is 13.9. The summed E-state index contributed by atoms with van der Waals surface area (Å²) in [6, 6.07) is 79.5. The fourth-order valence-corrected chi connectivity index (χ4v) is 19.8. The number of aromatic nitrogens is 10. The summed E-state index contributed by atoms with van der Waals surface area (Å²) in [4.78, 5) is 150. The molecule has 140 heavy (non-hydrogen) atoms. The number of carbonyl (C=O) groups is 6. The Bertz CT molecular complexity index is 7800. The van der Waals surface area contributed by atoms with Crippen LogP contribution in [0.5, 0.6) is 0 Å². The van der Waals surface area contributed by atoms with Gasteiger partial charge in [0, 0.05) is 76.8 Å². The van der Waals surface area contributed by atoms with E-state index in [9.17, 15) is 47.9 Å². The van der Waals surface area contributed by atoms with Crippen LogP contribution in [0.15, 0.2) is 274 Å². The third kappa shape index (κ3) is 22.1. The minimum atomic E-state index is -0.431. The average Bonchev–Trinajstić information content (AvgIpc) is 1.71. The van der Waals surface area contributed by atoms with Gasteiger partial charge in [-0.3, -0.25) is 57.3 Å². The summed E-state index contributed by atoms with van der Waals surface area (Å²) in [5.74, 6) is -0.200. The number of likely N-dealkylation sites (tertiary alicyclic amines) is 1. The molecule has 0 saturated carbocycles. The molecule has 0 aliphatic carbocycles. The number of hydrogen-bond acceptors (Lipinski definition) is 16. The summed E-state index contributed by atoms with van der Waals surface area (Å²) >= 11 is 15.8. The van der Waals surface area contributed by atoms with E-state index in [1.54, 1.807) is 69.7 Å². The van der Waals surface area contributed by atoms with Gasteiger partial charge in [0.25, 0.3) is 22.9 Å². The number of amides is 6. The molecule has 1 unspecified atom stereocenters. The lowest BCUT2D eigenvalue weighted by atomic mass is 9.90. The molecule has 1 atom stereocenters. The van der Waals surface area contributed by atoms with Crippen LogP contribution in [0, 0.1) is 57.8 Å². The number of fused-ring (bicyclic) bond motifs is 8. The van der Waals surface area contributed by atoms with Gasteiger partial charge >= 0.3 is 11.4 Å². The lowest BCUT2D eigenvalue weighted by Crippen LogP contribution is -2.47. The predicted octanol–water partition coefficient (Wildman–Crippen LogP) is 19.2. The van der Waals surface area contributed by atoms with E-state index in [2.05, 4.69) is 52.9 Å². The first-order chi connectivity index (χ1) is 67.2. The van der Waals surface area contributed by atoms with Crippen molar-refractivity contribution < 1.29 is 28.8 Å². The lowest BCUT2D eigenvalue weighted by molar-refractivity contribution is -0.142. The molecule has 2 saturated heterocycles. The summed E-state index contributed by atoms with van der Waals surface area (Å²) in [5, 5.41) is 18.0. The molecule has 0 radical (unpaired) electrons. The van der Waals surface area contributed by atoms with E-state index in [4.69, 9.17) is 33.2 Å². The number of nitrogens with one attached hydrogen (secondary N) is 2. The Morgan fingerprint density at radius 3 is 1.49 bits per heavy atom. The van der Waals surface area contributed by atoms with Crippen molar-refractivity contribution in [2.75, 3.05) is 40.9 Å². The number of nitrogens with zero attached hydrogens (tertiary/aromatic N) is 14. The third-order valence-corrected chi connectivity index (χ3v) is 27.8. The molecular formula is C110H110Cl2N16O10S2. The van der Waals surface area contributed by atoms with Crippen LogP contribution in [0.4, 0.5) is 16.0 Å². The van der Waals surface area contributed by atoms with Gasteiger partial charge in [-0.1, -0.05) is 268 Å². The van der Waals surface area contributed by atoms with Crippen molar-refractivity contribution in [1.82, 2.24) is 63.0 Å². The van der Waals surface area contributed by atoms with E-state index in [-0.39, 0.29) is 109 Å². The standard InChI is InChI=1S/2C28H26ClN5O3.C28H27N3O2S.C26H31N3O2S/c1-17(2)30-25(35)20-12-13-22-24(14-20)34-27(32(26(22)36)15-19-10-8-18(3)9-11-19)31-33(28(34)37)16-21-6-4-5-7-23(21)29;1-18(2)15-30-25(35)20-12-13-22-24(14-20)34-27(32(26(22)36)16-19-8-4-3-5-9-19)31-33(28(34)37)17-21-10-6-7-11-23(21)29;1-18-12-13-23-25(14-18)34-28(29-23)31(16-21-9-5-4-6-10-21)27(33)22-15-26(32)30(17-22)24-11-7-8-19(2)20(24)3;1-18-9-8-12-21-22(18)27-25(32-21)29(17-19-10-6-5-7-11-19)23(30)20-13-15-28(16-14-20)24(31)26(2,3)4/h4-14,17H,15-16H2,1-3H3,(H,30,35);3-14,18H,15-17H2,1-2H3,(H,30,35);4-14,22H,15-17H2,1-3H3;5-12,20H,13-17H2,1-4H3. The zero-order chi connectivity index (χ0) is 99.1. The Kier molecular flexibility index (Phi) is 30.1. The van der Waals surface area contributed by atoms with Crippen molar-refractivity contribution in [3.05, 3.63) is 379 Å². The summed E-state index contributed by atoms with van der Waals surface area (Å²) in [5.41, 5.74) is 13.2. The predicted molar refractivity (Wildman–Crippen MR) is 558 cm³/mol. The zero-order valence-corrected chi connectivity index (χ0v) is 83.3. The Morgan fingerprint density at radius 1 is 0.486 bits per heavy atom. The van der Waals surface area contributed by atoms with Crippen LogP contribution >= 0.6 is 45.9 Å². The molecular weight excluding hydrogens is 1840 g/mol. The molecule has 26 nitrogen and oxygen atoms in total. The first-order valence-electron chi connectivity index (χ1n) is 46.8. The number of hydrogen-bond donors (Lipinski definition) is 2. The van der Waals surface area contributed by atoms with Gasteiger partial charge in [-0.25, -0.2) is 37.7 Å². The van der Waals surface area contributed by atoms with Crippen LogP contribution in [0.1, 0.15) is 150 Å². The highest BCUT2D eigenvalue weighted by Crippen LogP contribution is 2.38. The van der Waals surface area contributed by atoms with Crippen molar-refractivity contribution >= 4 is 151 Å². The second-order valence-corrected chi connectivity index (χ2v) is 40.3. The minimum Gasteiger partial charge on any atom is -0.352 e. The monoisotopic (exact) mass is 1950 g/mol. The summed E-state index contributed by atoms with van der Waals surface area (Å²) in [7, 11) is 0. The highest BCUT2D eigenvalue weighted by molar-refractivity contribution is 7.22. The molecule has 2 aliphatic heterocycles. The molecule has 8 heterocycles. The van der Waals surface area contributed by atoms with Crippen molar-refractivity contribution in [2.24, 2.45) is 23.2 Å². The molecule has 2 aliphatic rings. The topological polar surface area (TPSA) is 288 Å².